The SMILES string of the molecule is CP(=O)(Sc1ccc(OCCCCC(=O)c2ccc3ccccc3c2)cc1)C1(C(N)=O)CCOCC1. The van der Waals surface area contributed by atoms with E-state index in [4.69, 9.17) is 15.2 Å². The van der Waals surface area contributed by atoms with E-state index in [0.717, 1.165) is 34.1 Å². The first-order chi connectivity index (χ1) is 17.3. The first-order valence-corrected chi connectivity index (χ1v) is 15.8. The van der Waals surface area contributed by atoms with E-state index in [-0.39, 0.29) is 5.78 Å². The van der Waals surface area contributed by atoms with Gasteiger partial charge in [-0.15, -0.1) is 0 Å². The quantitative estimate of drug-likeness (QED) is 0.179. The number of ketones is 1. The van der Waals surface area contributed by atoms with Crippen molar-refractivity contribution in [3.8, 4) is 5.75 Å². The second-order valence-corrected chi connectivity index (χ2v) is 15.0. The number of primary amides is 1. The molecule has 2 N–H and O–H groups in total. The van der Waals surface area contributed by atoms with Gasteiger partial charge in [0.25, 0.3) is 0 Å². The molecule has 190 valence electrons. The normalized spacial score (nSPS) is 16.8. The van der Waals surface area contributed by atoms with Gasteiger partial charge in [-0.1, -0.05) is 47.8 Å². The van der Waals surface area contributed by atoms with Crippen LogP contribution in [0.3, 0.4) is 0 Å². The number of ether oxygens (including phenoxy) is 2. The Kier molecular flexibility index (Phi) is 8.55. The van der Waals surface area contributed by atoms with Crippen LogP contribution in [-0.4, -0.2) is 43.3 Å². The molecule has 1 amide bonds. The maximum Gasteiger partial charge on any atom is 0.232 e. The molecule has 0 spiro atoms. The van der Waals surface area contributed by atoms with E-state index < -0.39 is 17.4 Å². The van der Waals surface area contributed by atoms with Crippen molar-refractivity contribution in [3.05, 3.63) is 72.3 Å². The van der Waals surface area contributed by atoms with Crippen molar-refractivity contribution < 1.29 is 23.6 Å². The highest BCUT2D eigenvalue weighted by Crippen LogP contribution is 2.70. The third kappa shape index (κ3) is 6.03. The van der Waals surface area contributed by atoms with E-state index in [2.05, 4.69) is 0 Å². The molecule has 3 aromatic rings. The maximum atomic E-state index is 13.6. The van der Waals surface area contributed by atoms with Crippen LogP contribution in [0.1, 0.15) is 42.5 Å². The Labute approximate surface area is 216 Å². The zero-order valence-electron chi connectivity index (χ0n) is 20.5. The molecule has 4 rings (SSSR count). The van der Waals surface area contributed by atoms with Gasteiger partial charge in [0.15, 0.2) is 12.1 Å². The lowest BCUT2D eigenvalue weighted by Gasteiger charge is -2.38. The van der Waals surface area contributed by atoms with Crippen molar-refractivity contribution in [1.82, 2.24) is 0 Å². The Bertz CT molecular complexity index is 1270. The van der Waals surface area contributed by atoms with Gasteiger partial charge in [0.1, 0.15) is 10.9 Å². The van der Waals surface area contributed by atoms with E-state index in [9.17, 15) is 14.2 Å². The van der Waals surface area contributed by atoms with Gasteiger partial charge >= 0.3 is 0 Å². The fourth-order valence-electron chi connectivity index (χ4n) is 4.53. The monoisotopic (exact) mass is 525 g/mol. The number of nitrogens with two attached hydrogens (primary N) is 1. The van der Waals surface area contributed by atoms with Crippen LogP contribution in [0.4, 0.5) is 0 Å². The highest BCUT2D eigenvalue weighted by atomic mass is 32.7. The smallest absolute Gasteiger partial charge is 0.232 e. The molecule has 0 bridgehead atoms. The molecule has 1 fully saturated rings. The van der Waals surface area contributed by atoms with Gasteiger partial charge in [-0.3, -0.25) is 9.59 Å². The zero-order chi connectivity index (χ0) is 25.6. The van der Waals surface area contributed by atoms with Crippen molar-refractivity contribution in [2.24, 2.45) is 5.73 Å². The van der Waals surface area contributed by atoms with Gasteiger partial charge in [-0.25, -0.2) is 0 Å². The Morgan fingerprint density at radius 3 is 2.39 bits per heavy atom. The molecule has 1 unspecified atom stereocenters. The summed E-state index contributed by atoms with van der Waals surface area (Å²) >= 11 is 1.23. The summed E-state index contributed by atoms with van der Waals surface area (Å²) in [4.78, 5) is 25.6. The molecule has 6 nitrogen and oxygen atoms in total. The summed E-state index contributed by atoms with van der Waals surface area (Å²) in [5, 5.41) is 1.17. The van der Waals surface area contributed by atoms with Crippen LogP contribution >= 0.6 is 17.7 Å². The predicted molar refractivity (Wildman–Crippen MR) is 145 cm³/mol. The molecule has 3 aromatic carbocycles. The summed E-state index contributed by atoms with van der Waals surface area (Å²) in [6, 6.07) is 21.2. The van der Waals surface area contributed by atoms with Crippen molar-refractivity contribution in [2.45, 2.75) is 42.2 Å². The minimum absolute atomic E-state index is 0.143. The average Bonchev–Trinajstić information content (AvgIpc) is 2.89. The molecule has 1 aliphatic rings. The number of amides is 1. The van der Waals surface area contributed by atoms with Gasteiger partial charge in [-0.05, 0) is 73.5 Å². The van der Waals surface area contributed by atoms with Crippen LogP contribution in [0.25, 0.3) is 10.8 Å². The number of carbonyl (C=O) groups is 2. The molecule has 1 aliphatic heterocycles. The Morgan fingerprint density at radius 1 is 1.00 bits per heavy atom. The number of fused-ring (bicyclic) bond motifs is 1. The van der Waals surface area contributed by atoms with Crippen molar-refractivity contribution >= 4 is 40.2 Å². The Hall–Kier alpha value is -2.60. The lowest BCUT2D eigenvalue weighted by Crippen LogP contribution is -2.47. The molecule has 0 aliphatic carbocycles. The fraction of sp³-hybridized carbons (Fsp3) is 0.357. The van der Waals surface area contributed by atoms with Crippen molar-refractivity contribution in [1.29, 1.82) is 0 Å². The van der Waals surface area contributed by atoms with E-state index in [0.29, 0.717) is 44.8 Å². The highest BCUT2D eigenvalue weighted by Gasteiger charge is 2.51. The number of unbranched alkanes of at least 4 members (excludes halogenated alkanes) is 1. The third-order valence-corrected chi connectivity index (χ3v) is 12.6. The molecule has 0 saturated carbocycles. The van der Waals surface area contributed by atoms with Gasteiger partial charge in [0, 0.05) is 30.1 Å². The average molecular weight is 526 g/mol. The second kappa shape index (κ2) is 11.6. The van der Waals surface area contributed by atoms with Crippen LogP contribution in [-0.2, 0) is 14.1 Å². The molecular formula is C28H32NO5PS. The van der Waals surface area contributed by atoms with Crippen molar-refractivity contribution in [2.75, 3.05) is 26.5 Å². The van der Waals surface area contributed by atoms with E-state index in [1.54, 1.807) is 6.66 Å². The van der Waals surface area contributed by atoms with Gasteiger partial charge in [-0.2, -0.15) is 0 Å². The van der Waals surface area contributed by atoms with E-state index in [1.165, 1.54) is 11.4 Å². The van der Waals surface area contributed by atoms with Crippen LogP contribution < -0.4 is 10.5 Å². The van der Waals surface area contributed by atoms with Crippen LogP contribution in [0.2, 0.25) is 0 Å². The van der Waals surface area contributed by atoms with Crippen LogP contribution in [0, 0.1) is 0 Å². The molecule has 1 atom stereocenters. The van der Waals surface area contributed by atoms with E-state index in [1.807, 2.05) is 66.7 Å². The molecule has 0 aromatic heterocycles. The number of hydrogen-bond acceptors (Lipinski definition) is 6. The first-order valence-electron chi connectivity index (χ1n) is 12.2. The number of rotatable bonds is 11. The largest absolute Gasteiger partial charge is 0.494 e. The van der Waals surface area contributed by atoms with Crippen LogP contribution in [0.5, 0.6) is 5.75 Å². The van der Waals surface area contributed by atoms with Gasteiger partial charge in [0.05, 0.1) is 6.61 Å². The third-order valence-electron chi connectivity index (χ3n) is 6.80. The molecule has 1 saturated heterocycles. The summed E-state index contributed by atoms with van der Waals surface area (Å²) < 4.78 is 24.8. The second-order valence-electron chi connectivity index (χ2n) is 9.21. The fourth-order valence-corrected chi connectivity index (χ4v) is 9.68. The maximum absolute atomic E-state index is 13.6. The summed E-state index contributed by atoms with van der Waals surface area (Å²) in [5.41, 5.74) is 6.44. The Morgan fingerprint density at radius 2 is 1.69 bits per heavy atom. The van der Waals surface area contributed by atoms with E-state index >= 15 is 0 Å². The van der Waals surface area contributed by atoms with Crippen LogP contribution in [0.15, 0.2) is 71.6 Å². The zero-order valence-corrected chi connectivity index (χ0v) is 22.2. The van der Waals surface area contributed by atoms with Gasteiger partial charge in [0.2, 0.25) is 5.91 Å². The lowest BCUT2D eigenvalue weighted by atomic mass is 9.98. The molecular weight excluding hydrogens is 493 g/mol. The highest BCUT2D eigenvalue weighted by molar-refractivity contribution is 8.58. The summed E-state index contributed by atoms with van der Waals surface area (Å²) in [6.45, 7) is 2.94. The molecule has 1 heterocycles. The standard InChI is InChI=1S/C28H32NO5PS/c1-35(32,28(27(29)31)15-18-33-19-16-28)36-25-13-11-24(12-14-25)34-17-5-4-8-26(30)23-10-9-21-6-2-3-7-22(21)20-23/h2-3,6-7,9-14,20H,4-5,8,15-19H2,1H3,(H2,29,31). The number of benzene rings is 3. The molecule has 8 heteroatoms. The Balaban J connectivity index is 1.24. The molecule has 0 radical (unpaired) electrons. The number of carbonyl (C=O) groups excluding carboxylic acids is 2. The molecule has 36 heavy (non-hydrogen) atoms. The number of hydrogen-bond donors (Lipinski definition) is 1. The van der Waals surface area contributed by atoms with Gasteiger partial charge < -0.3 is 19.8 Å². The number of Topliss-reactive ketones (excluding diaryl/α,β-unsaturated/α-hetero) is 1. The predicted octanol–water partition coefficient (Wildman–Crippen LogP) is 6.31. The minimum atomic E-state index is -2.98. The lowest BCUT2D eigenvalue weighted by molar-refractivity contribution is -0.122. The van der Waals surface area contributed by atoms with Crippen molar-refractivity contribution in [3.63, 3.8) is 0 Å². The minimum Gasteiger partial charge on any atom is -0.494 e. The topological polar surface area (TPSA) is 95.7 Å². The first kappa shape index (κ1) is 26.5. The summed E-state index contributed by atoms with van der Waals surface area (Å²) in [6.07, 6.45) is -0.220. The summed E-state index contributed by atoms with van der Waals surface area (Å²) in [5.74, 6) is 0.342. The summed E-state index contributed by atoms with van der Waals surface area (Å²) in [7, 11) is 0.